The molecule has 0 aliphatic carbocycles. The summed E-state index contributed by atoms with van der Waals surface area (Å²) in [6.07, 6.45) is 2.27. The first-order chi connectivity index (χ1) is 11.0. The summed E-state index contributed by atoms with van der Waals surface area (Å²) < 4.78 is 1.67. The second-order valence-corrected chi connectivity index (χ2v) is 5.75. The summed E-state index contributed by atoms with van der Waals surface area (Å²) in [7, 11) is 0. The Hall–Kier alpha value is -2.53. The molecule has 0 spiro atoms. The van der Waals surface area contributed by atoms with Gasteiger partial charge in [-0.1, -0.05) is 24.6 Å². The van der Waals surface area contributed by atoms with Crippen molar-refractivity contribution < 1.29 is 9.90 Å². The number of aromatic nitrogens is 2. The van der Waals surface area contributed by atoms with Crippen LogP contribution in [0.25, 0.3) is 5.65 Å². The van der Waals surface area contributed by atoms with Crippen molar-refractivity contribution in [1.82, 2.24) is 9.38 Å². The van der Waals surface area contributed by atoms with E-state index in [9.17, 15) is 9.90 Å². The highest BCUT2D eigenvalue weighted by molar-refractivity contribution is 6.30. The standard InChI is InChI=1S/C17H16ClN3O2/c1-3-12-16(21-9-11(18)5-7-15(21)19-12)17(23)20-13-6-4-10(2)8-14(13)22/h4-9,22H,3H2,1-2H3,(H,20,23). The smallest absolute Gasteiger partial charge is 0.274 e. The molecule has 1 amide bonds. The maximum absolute atomic E-state index is 12.7. The first-order valence-electron chi connectivity index (χ1n) is 7.27. The van der Waals surface area contributed by atoms with Gasteiger partial charge in [0.05, 0.1) is 16.4 Å². The molecule has 0 radical (unpaired) electrons. The van der Waals surface area contributed by atoms with Gasteiger partial charge in [0, 0.05) is 6.20 Å². The molecule has 3 rings (SSSR count). The van der Waals surface area contributed by atoms with Crippen LogP contribution in [0.2, 0.25) is 5.02 Å². The summed E-state index contributed by atoms with van der Waals surface area (Å²) >= 11 is 6.03. The summed E-state index contributed by atoms with van der Waals surface area (Å²) in [5.41, 5.74) is 3.03. The van der Waals surface area contributed by atoms with Gasteiger partial charge in [-0.2, -0.15) is 0 Å². The molecule has 0 saturated carbocycles. The third kappa shape index (κ3) is 2.87. The van der Waals surface area contributed by atoms with Gasteiger partial charge in [-0.05, 0) is 43.2 Å². The summed E-state index contributed by atoms with van der Waals surface area (Å²) in [6.45, 7) is 3.80. The number of imidazole rings is 1. The van der Waals surface area contributed by atoms with Crippen LogP contribution in [0.5, 0.6) is 5.75 Å². The van der Waals surface area contributed by atoms with E-state index in [1.54, 1.807) is 34.9 Å². The van der Waals surface area contributed by atoms with Gasteiger partial charge in [-0.3, -0.25) is 9.20 Å². The normalized spacial score (nSPS) is 10.9. The molecule has 0 bridgehead atoms. The van der Waals surface area contributed by atoms with Crippen molar-refractivity contribution in [3.63, 3.8) is 0 Å². The van der Waals surface area contributed by atoms with E-state index in [1.165, 1.54) is 0 Å². The van der Waals surface area contributed by atoms with E-state index in [-0.39, 0.29) is 11.7 Å². The number of phenols is 1. The van der Waals surface area contributed by atoms with E-state index in [0.29, 0.717) is 34.2 Å². The Bertz CT molecular complexity index is 902. The lowest BCUT2D eigenvalue weighted by Crippen LogP contribution is -2.16. The average Bonchev–Trinajstić information content (AvgIpc) is 2.87. The SMILES string of the molecule is CCc1nc2ccc(Cl)cn2c1C(=O)Nc1ccc(C)cc1O. The number of anilines is 1. The van der Waals surface area contributed by atoms with Crippen LogP contribution in [0.1, 0.15) is 28.7 Å². The van der Waals surface area contributed by atoms with Crippen molar-refractivity contribution in [3.8, 4) is 5.75 Å². The average molecular weight is 330 g/mol. The third-order valence-electron chi connectivity index (χ3n) is 3.61. The summed E-state index contributed by atoms with van der Waals surface area (Å²) in [4.78, 5) is 17.1. The van der Waals surface area contributed by atoms with Crippen LogP contribution in [-0.4, -0.2) is 20.4 Å². The highest BCUT2D eigenvalue weighted by Gasteiger charge is 2.19. The minimum absolute atomic E-state index is 0.0308. The van der Waals surface area contributed by atoms with Crippen molar-refractivity contribution in [3.05, 3.63) is 58.5 Å². The number of nitrogens with zero attached hydrogens (tertiary/aromatic N) is 2. The molecule has 3 aromatic rings. The molecule has 1 aromatic carbocycles. The van der Waals surface area contributed by atoms with Gasteiger partial charge in [-0.25, -0.2) is 4.98 Å². The number of hydrogen-bond acceptors (Lipinski definition) is 3. The van der Waals surface area contributed by atoms with Crippen molar-refractivity contribution in [2.75, 3.05) is 5.32 Å². The Balaban J connectivity index is 2.04. The van der Waals surface area contributed by atoms with Gasteiger partial charge >= 0.3 is 0 Å². The lowest BCUT2D eigenvalue weighted by atomic mass is 10.2. The Kier molecular flexibility index (Phi) is 3.96. The predicted molar refractivity (Wildman–Crippen MR) is 90.4 cm³/mol. The van der Waals surface area contributed by atoms with Crippen LogP contribution in [0.4, 0.5) is 5.69 Å². The molecular formula is C17H16ClN3O2. The molecule has 0 saturated heterocycles. The minimum atomic E-state index is -0.337. The maximum atomic E-state index is 12.7. The first-order valence-corrected chi connectivity index (χ1v) is 7.65. The van der Waals surface area contributed by atoms with Crippen LogP contribution >= 0.6 is 11.6 Å². The molecule has 0 aliphatic heterocycles. The number of benzene rings is 1. The first kappa shape index (κ1) is 15.4. The summed E-state index contributed by atoms with van der Waals surface area (Å²) in [6, 6.07) is 8.59. The molecule has 0 unspecified atom stereocenters. The number of phenolic OH excluding ortho intramolecular Hbond substituents is 1. The fraction of sp³-hybridized carbons (Fsp3) is 0.176. The monoisotopic (exact) mass is 329 g/mol. The predicted octanol–water partition coefficient (Wildman–Crippen LogP) is 3.82. The highest BCUT2D eigenvalue weighted by atomic mass is 35.5. The quantitative estimate of drug-likeness (QED) is 0.718. The molecule has 118 valence electrons. The number of halogens is 1. The molecule has 2 heterocycles. The number of carbonyl (C=O) groups is 1. The molecule has 2 aromatic heterocycles. The van der Waals surface area contributed by atoms with Crippen molar-refractivity contribution in [1.29, 1.82) is 0 Å². The van der Waals surface area contributed by atoms with Gasteiger partial charge in [0.15, 0.2) is 0 Å². The van der Waals surface area contributed by atoms with E-state index in [4.69, 9.17) is 11.6 Å². The second-order valence-electron chi connectivity index (χ2n) is 5.31. The number of hydrogen-bond donors (Lipinski definition) is 2. The zero-order valence-corrected chi connectivity index (χ0v) is 13.6. The number of aromatic hydroxyl groups is 1. The molecule has 2 N–H and O–H groups in total. The molecule has 5 nitrogen and oxygen atoms in total. The van der Waals surface area contributed by atoms with Gasteiger partial charge in [0.1, 0.15) is 17.1 Å². The number of rotatable bonds is 3. The molecule has 0 aliphatic rings. The van der Waals surface area contributed by atoms with Crippen molar-refractivity contribution in [2.24, 2.45) is 0 Å². The molecular weight excluding hydrogens is 314 g/mol. The van der Waals surface area contributed by atoms with Crippen LogP contribution in [0.3, 0.4) is 0 Å². The number of aryl methyl sites for hydroxylation is 2. The van der Waals surface area contributed by atoms with E-state index >= 15 is 0 Å². The van der Waals surface area contributed by atoms with Crippen LogP contribution in [-0.2, 0) is 6.42 Å². The van der Waals surface area contributed by atoms with Gasteiger partial charge in [0.25, 0.3) is 5.91 Å². The molecule has 0 fully saturated rings. The Morgan fingerprint density at radius 1 is 1.35 bits per heavy atom. The van der Waals surface area contributed by atoms with Gasteiger partial charge < -0.3 is 10.4 Å². The van der Waals surface area contributed by atoms with E-state index in [0.717, 1.165) is 5.56 Å². The van der Waals surface area contributed by atoms with E-state index in [2.05, 4.69) is 10.3 Å². The molecule has 0 atom stereocenters. The zero-order chi connectivity index (χ0) is 16.6. The van der Waals surface area contributed by atoms with E-state index < -0.39 is 0 Å². The van der Waals surface area contributed by atoms with Gasteiger partial charge in [-0.15, -0.1) is 0 Å². The maximum Gasteiger partial charge on any atom is 0.274 e. The Morgan fingerprint density at radius 3 is 2.83 bits per heavy atom. The summed E-state index contributed by atoms with van der Waals surface area (Å²) in [5, 5.41) is 13.2. The lowest BCUT2D eigenvalue weighted by molar-refractivity contribution is 0.102. The summed E-state index contributed by atoms with van der Waals surface area (Å²) in [5.74, 6) is -0.306. The number of carbonyl (C=O) groups excluding carboxylic acids is 1. The number of amides is 1. The Labute approximate surface area is 138 Å². The van der Waals surface area contributed by atoms with Crippen molar-refractivity contribution in [2.45, 2.75) is 20.3 Å². The van der Waals surface area contributed by atoms with Crippen LogP contribution in [0.15, 0.2) is 36.5 Å². The second kappa shape index (κ2) is 5.93. The lowest BCUT2D eigenvalue weighted by Gasteiger charge is -2.09. The van der Waals surface area contributed by atoms with Crippen LogP contribution < -0.4 is 5.32 Å². The fourth-order valence-electron chi connectivity index (χ4n) is 2.48. The van der Waals surface area contributed by atoms with Gasteiger partial charge in [0.2, 0.25) is 0 Å². The van der Waals surface area contributed by atoms with Crippen LogP contribution in [0, 0.1) is 6.92 Å². The third-order valence-corrected chi connectivity index (χ3v) is 3.83. The van der Waals surface area contributed by atoms with E-state index in [1.807, 2.05) is 19.9 Å². The number of pyridine rings is 1. The minimum Gasteiger partial charge on any atom is -0.506 e. The fourth-order valence-corrected chi connectivity index (χ4v) is 2.64. The highest BCUT2D eigenvalue weighted by Crippen LogP contribution is 2.25. The topological polar surface area (TPSA) is 66.6 Å². The largest absolute Gasteiger partial charge is 0.506 e. The number of nitrogens with one attached hydrogen (secondary N) is 1. The Morgan fingerprint density at radius 2 is 2.13 bits per heavy atom. The number of fused-ring (bicyclic) bond motifs is 1. The van der Waals surface area contributed by atoms with Crippen molar-refractivity contribution >= 4 is 28.8 Å². The molecule has 6 heteroatoms. The zero-order valence-electron chi connectivity index (χ0n) is 12.8. The molecule has 23 heavy (non-hydrogen) atoms.